The molecule has 0 aliphatic rings. The van der Waals surface area contributed by atoms with Crippen LogP contribution >= 0.6 is 0 Å². The lowest BCUT2D eigenvalue weighted by atomic mass is 9.99. The average molecular weight is 437 g/mol. The highest BCUT2D eigenvalue weighted by molar-refractivity contribution is 7.92. The highest BCUT2D eigenvalue weighted by Gasteiger charge is 2.19. The van der Waals surface area contributed by atoms with Crippen LogP contribution in [0.3, 0.4) is 0 Å². The zero-order chi connectivity index (χ0) is 22.6. The van der Waals surface area contributed by atoms with E-state index in [1.54, 1.807) is 24.3 Å². The summed E-state index contributed by atoms with van der Waals surface area (Å²) in [6.45, 7) is 8.03. The molecule has 5 nitrogen and oxygen atoms in total. The summed E-state index contributed by atoms with van der Waals surface area (Å²) >= 11 is 0. The van der Waals surface area contributed by atoms with Crippen LogP contribution in [-0.4, -0.2) is 14.3 Å². The molecule has 0 spiro atoms. The molecule has 0 aliphatic carbocycles. The molecule has 0 saturated heterocycles. The molecule has 1 amide bonds. The van der Waals surface area contributed by atoms with Gasteiger partial charge in [-0.05, 0) is 74.2 Å². The van der Waals surface area contributed by atoms with Gasteiger partial charge in [-0.15, -0.1) is 0 Å². The molecule has 0 saturated carbocycles. The summed E-state index contributed by atoms with van der Waals surface area (Å²) < 4.78 is 28.1. The molecule has 6 heteroatoms. The summed E-state index contributed by atoms with van der Waals surface area (Å²) in [4.78, 5) is 12.9. The van der Waals surface area contributed by atoms with Crippen LogP contribution < -0.4 is 10.0 Å². The average Bonchev–Trinajstić information content (AvgIpc) is 2.75. The van der Waals surface area contributed by atoms with Crippen molar-refractivity contribution in [2.45, 2.75) is 45.1 Å². The second-order valence-corrected chi connectivity index (χ2v) is 9.46. The first-order valence-corrected chi connectivity index (χ1v) is 11.8. The van der Waals surface area contributed by atoms with E-state index in [0.717, 1.165) is 17.5 Å². The van der Waals surface area contributed by atoms with Gasteiger partial charge in [0.15, 0.2) is 0 Å². The normalized spacial score (nSPS) is 12.3. The van der Waals surface area contributed by atoms with E-state index in [2.05, 4.69) is 23.0 Å². The number of sulfonamides is 1. The van der Waals surface area contributed by atoms with Gasteiger partial charge in [-0.25, -0.2) is 8.42 Å². The lowest BCUT2D eigenvalue weighted by Crippen LogP contribution is -2.28. The zero-order valence-corrected chi connectivity index (χ0v) is 19.1. The first-order valence-electron chi connectivity index (χ1n) is 10.3. The molecule has 3 aromatic carbocycles. The quantitative estimate of drug-likeness (QED) is 0.528. The summed E-state index contributed by atoms with van der Waals surface area (Å²) in [5.41, 5.74) is 5.21. The molecule has 0 radical (unpaired) electrons. The number of benzene rings is 3. The van der Waals surface area contributed by atoms with Crippen molar-refractivity contribution in [3.63, 3.8) is 0 Å². The minimum atomic E-state index is -3.81. The van der Waals surface area contributed by atoms with Crippen molar-refractivity contribution < 1.29 is 13.2 Å². The van der Waals surface area contributed by atoms with E-state index < -0.39 is 10.0 Å². The van der Waals surface area contributed by atoms with Crippen LogP contribution in [0.1, 0.15) is 52.0 Å². The van der Waals surface area contributed by atoms with Gasteiger partial charge in [0.2, 0.25) is 0 Å². The third-order valence-corrected chi connectivity index (χ3v) is 6.74. The summed E-state index contributed by atoms with van der Waals surface area (Å²) in [5, 5.41) is 3.03. The highest BCUT2D eigenvalue weighted by Crippen LogP contribution is 2.22. The van der Waals surface area contributed by atoms with Gasteiger partial charge in [0.25, 0.3) is 15.9 Å². The molecular formula is C25H28N2O3S. The third-order valence-electron chi connectivity index (χ3n) is 5.36. The van der Waals surface area contributed by atoms with E-state index in [0.29, 0.717) is 11.3 Å². The van der Waals surface area contributed by atoms with Crippen molar-refractivity contribution in [1.82, 2.24) is 5.32 Å². The molecule has 0 aromatic heterocycles. The van der Waals surface area contributed by atoms with Crippen LogP contribution in [0.2, 0.25) is 0 Å². The van der Waals surface area contributed by atoms with Crippen LogP contribution in [0.15, 0.2) is 71.6 Å². The molecule has 162 valence electrons. The number of amides is 1. The molecule has 3 rings (SSSR count). The highest BCUT2D eigenvalue weighted by atomic mass is 32.2. The lowest BCUT2D eigenvalue weighted by Gasteiger charge is -2.19. The largest absolute Gasteiger partial charge is 0.345 e. The predicted octanol–water partition coefficient (Wildman–Crippen LogP) is 5.29. The van der Waals surface area contributed by atoms with Crippen molar-refractivity contribution >= 4 is 21.6 Å². The second-order valence-electron chi connectivity index (χ2n) is 7.78. The van der Waals surface area contributed by atoms with Crippen molar-refractivity contribution in [2.75, 3.05) is 4.72 Å². The number of hydrogen-bond acceptors (Lipinski definition) is 3. The summed E-state index contributed by atoms with van der Waals surface area (Å²) in [6, 6.07) is 19.1. The SMILES string of the molecule is CCC(NC(=O)c1cccc(S(=O)(=O)Nc2ccc(C)cc2)c1)c1ccc(C)c(C)c1. The van der Waals surface area contributed by atoms with Crippen molar-refractivity contribution in [1.29, 1.82) is 0 Å². The number of hydrogen-bond donors (Lipinski definition) is 2. The van der Waals surface area contributed by atoms with Crippen LogP contribution in [0.4, 0.5) is 5.69 Å². The minimum Gasteiger partial charge on any atom is -0.345 e. The minimum absolute atomic E-state index is 0.0416. The van der Waals surface area contributed by atoms with E-state index in [1.807, 2.05) is 45.0 Å². The molecule has 2 N–H and O–H groups in total. The Bertz CT molecular complexity index is 1190. The topological polar surface area (TPSA) is 75.3 Å². The van der Waals surface area contributed by atoms with Gasteiger partial charge in [0.1, 0.15) is 0 Å². The Morgan fingerprint density at radius 2 is 1.61 bits per heavy atom. The van der Waals surface area contributed by atoms with E-state index in [1.165, 1.54) is 23.3 Å². The first-order chi connectivity index (χ1) is 14.7. The Morgan fingerprint density at radius 3 is 2.26 bits per heavy atom. The molecule has 0 bridgehead atoms. The maximum atomic E-state index is 12.9. The van der Waals surface area contributed by atoms with E-state index in [4.69, 9.17) is 0 Å². The summed E-state index contributed by atoms with van der Waals surface area (Å²) in [6.07, 6.45) is 0.723. The molecular weight excluding hydrogens is 408 g/mol. The number of carbonyl (C=O) groups excluding carboxylic acids is 1. The molecule has 31 heavy (non-hydrogen) atoms. The smallest absolute Gasteiger partial charge is 0.261 e. The zero-order valence-electron chi connectivity index (χ0n) is 18.3. The Kier molecular flexibility index (Phi) is 6.81. The number of carbonyl (C=O) groups is 1. The van der Waals surface area contributed by atoms with Gasteiger partial charge in [0.05, 0.1) is 10.9 Å². The van der Waals surface area contributed by atoms with Crippen LogP contribution in [0.5, 0.6) is 0 Å². The van der Waals surface area contributed by atoms with Crippen molar-refractivity contribution in [2.24, 2.45) is 0 Å². The number of aryl methyl sites for hydroxylation is 3. The fourth-order valence-electron chi connectivity index (χ4n) is 3.28. The fourth-order valence-corrected chi connectivity index (χ4v) is 4.39. The lowest BCUT2D eigenvalue weighted by molar-refractivity contribution is 0.0935. The van der Waals surface area contributed by atoms with Crippen molar-refractivity contribution in [3.8, 4) is 0 Å². The Labute approximate surface area is 184 Å². The van der Waals surface area contributed by atoms with Gasteiger partial charge in [-0.3, -0.25) is 9.52 Å². The molecule has 3 aromatic rings. The Morgan fingerprint density at radius 1 is 0.903 bits per heavy atom. The third kappa shape index (κ3) is 5.52. The van der Waals surface area contributed by atoms with Crippen LogP contribution in [0.25, 0.3) is 0 Å². The standard InChI is InChI=1S/C25H28N2O3S/c1-5-24(20-12-11-18(3)19(4)15-20)26-25(28)21-7-6-8-23(16-21)31(29,30)27-22-13-9-17(2)10-14-22/h6-16,24,27H,5H2,1-4H3,(H,26,28). The van der Waals surface area contributed by atoms with E-state index >= 15 is 0 Å². The Balaban J connectivity index is 1.80. The van der Waals surface area contributed by atoms with Crippen LogP contribution in [-0.2, 0) is 10.0 Å². The maximum Gasteiger partial charge on any atom is 0.261 e. The van der Waals surface area contributed by atoms with Crippen LogP contribution in [0, 0.1) is 20.8 Å². The summed E-state index contributed by atoms with van der Waals surface area (Å²) in [5.74, 6) is -0.308. The number of anilines is 1. The van der Waals surface area contributed by atoms with Gasteiger partial charge >= 0.3 is 0 Å². The number of nitrogens with one attached hydrogen (secondary N) is 2. The van der Waals surface area contributed by atoms with E-state index in [9.17, 15) is 13.2 Å². The fraction of sp³-hybridized carbons (Fsp3) is 0.240. The van der Waals surface area contributed by atoms with Gasteiger partial charge in [0, 0.05) is 11.3 Å². The number of rotatable bonds is 7. The summed E-state index contributed by atoms with van der Waals surface area (Å²) in [7, 11) is -3.81. The molecule has 0 heterocycles. The van der Waals surface area contributed by atoms with Gasteiger partial charge in [-0.2, -0.15) is 0 Å². The first kappa shape index (κ1) is 22.6. The second kappa shape index (κ2) is 9.35. The molecule has 0 aliphatic heterocycles. The molecule has 0 fully saturated rings. The predicted molar refractivity (Wildman–Crippen MR) is 125 cm³/mol. The maximum absolute atomic E-state index is 12.9. The molecule has 1 atom stereocenters. The van der Waals surface area contributed by atoms with Gasteiger partial charge < -0.3 is 5.32 Å². The van der Waals surface area contributed by atoms with Crippen molar-refractivity contribution in [3.05, 3.63) is 94.5 Å². The Hall–Kier alpha value is -3.12. The monoisotopic (exact) mass is 436 g/mol. The van der Waals surface area contributed by atoms with Gasteiger partial charge in [-0.1, -0.05) is 48.9 Å². The molecule has 1 unspecified atom stereocenters. The van der Waals surface area contributed by atoms with E-state index in [-0.39, 0.29) is 16.8 Å².